The zero-order valence-electron chi connectivity index (χ0n) is 14.3. The van der Waals surface area contributed by atoms with Crippen molar-refractivity contribution in [2.24, 2.45) is 5.92 Å². The standard InChI is InChI=1S/C18H26O5/c1-14(12-22-17(20)15-8-6-5-7-9-15)13-23-18(2,3)16(19)10-11-21-4/h5-9,14H,10-13H2,1-4H3. The molecule has 0 heterocycles. The molecule has 1 aromatic carbocycles. The van der Waals surface area contributed by atoms with Crippen molar-refractivity contribution in [2.75, 3.05) is 26.9 Å². The first-order valence-corrected chi connectivity index (χ1v) is 7.75. The fourth-order valence-electron chi connectivity index (χ4n) is 1.85. The van der Waals surface area contributed by atoms with Gasteiger partial charge in [-0.05, 0) is 26.0 Å². The predicted molar refractivity (Wildman–Crippen MR) is 87.4 cm³/mol. The van der Waals surface area contributed by atoms with Crippen LogP contribution in [0.2, 0.25) is 0 Å². The molecule has 0 spiro atoms. The van der Waals surface area contributed by atoms with Gasteiger partial charge in [-0.25, -0.2) is 4.79 Å². The van der Waals surface area contributed by atoms with Gasteiger partial charge in [-0.15, -0.1) is 0 Å². The van der Waals surface area contributed by atoms with Gasteiger partial charge in [-0.2, -0.15) is 0 Å². The number of rotatable bonds is 10. The third kappa shape index (κ3) is 6.93. The zero-order valence-corrected chi connectivity index (χ0v) is 14.3. The van der Waals surface area contributed by atoms with Gasteiger partial charge < -0.3 is 14.2 Å². The Morgan fingerprint density at radius 3 is 2.39 bits per heavy atom. The molecule has 5 heteroatoms. The molecule has 0 fully saturated rings. The normalized spacial score (nSPS) is 12.7. The van der Waals surface area contributed by atoms with Gasteiger partial charge >= 0.3 is 5.97 Å². The van der Waals surface area contributed by atoms with Crippen LogP contribution in [0.15, 0.2) is 30.3 Å². The molecule has 0 aliphatic heterocycles. The summed E-state index contributed by atoms with van der Waals surface area (Å²) in [4.78, 5) is 23.8. The fourth-order valence-corrected chi connectivity index (χ4v) is 1.85. The maximum Gasteiger partial charge on any atom is 0.338 e. The van der Waals surface area contributed by atoms with Crippen molar-refractivity contribution in [2.45, 2.75) is 32.8 Å². The highest BCUT2D eigenvalue weighted by molar-refractivity contribution is 5.89. The molecular formula is C18H26O5. The number of benzene rings is 1. The average molecular weight is 322 g/mol. The van der Waals surface area contributed by atoms with Gasteiger partial charge in [0.05, 0.1) is 25.4 Å². The number of ketones is 1. The van der Waals surface area contributed by atoms with E-state index in [4.69, 9.17) is 14.2 Å². The third-order valence-electron chi connectivity index (χ3n) is 3.44. The van der Waals surface area contributed by atoms with Crippen LogP contribution in [0.25, 0.3) is 0 Å². The molecule has 23 heavy (non-hydrogen) atoms. The molecule has 0 bridgehead atoms. The molecule has 0 saturated heterocycles. The zero-order chi connectivity index (χ0) is 17.3. The fraction of sp³-hybridized carbons (Fsp3) is 0.556. The number of hydrogen-bond acceptors (Lipinski definition) is 5. The molecule has 0 aromatic heterocycles. The Bertz CT molecular complexity index is 495. The summed E-state index contributed by atoms with van der Waals surface area (Å²) in [6.45, 7) is 6.37. The van der Waals surface area contributed by atoms with Gasteiger partial charge in [0, 0.05) is 19.4 Å². The first kappa shape index (κ1) is 19.3. The minimum Gasteiger partial charge on any atom is -0.462 e. The molecule has 0 amide bonds. The van der Waals surface area contributed by atoms with E-state index in [0.29, 0.717) is 25.2 Å². The summed E-state index contributed by atoms with van der Waals surface area (Å²) in [6, 6.07) is 8.84. The largest absolute Gasteiger partial charge is 0.462 e. The van der Waals surface area contributed by atoms with Crippen molar-refractivity contribution in [3.8, 4) is 0 Å². The lowest BCUT2D eigenvalue weighted by molar-refractivity contribution is -0.143. The molecule has 1 aromatic rings. The minimum atomic E-state index is -0.865. The third-order valence-corrected chi connectivity index (χ3v) is 3.44. The molecule has 1 unspecified atom stereocenters. The van der Waals surface area contributed by atoms with Crippen LogP contribution in [-0.2, 0) is 19.0 Å². The summed E-state index contributed by atoms with van der Waals surface area (Å²) in [5, 5.41) is 0. The first-order chi connectivity index (χ1) is 10.9. The van der Waals surface area contributed by atoms with Crippen LogP contribution in [0, 0.1) is 5.92 Å². The molecule has 0 saturated carbocycles. The Morgan fingerprint density at radius 1 is 1.13 bits per heavy atom. The van der Waals surface area contributed by atoms with E-state index in [9.17, 15) is 9.59 Å². The number of Topliss-reactive ketones (excluding diaryl/α,β-unsaturated/α-hetero) is 1. The lowest BCUT2D eigenvalue weighted by atomic mass is 10.0. The van der Waals surface area contributed by atoms with Crippen LogP contribution in [0.1, 0.15) is 37.6 Å². The van der Waals surface area contributed by atoms with Crippen LogP contribution in [0.5, 0.6) is 0 Å². The van der Waals surface area contributed by atoms with E-state index in [1.165, 1.54) is 0 Å². The van der Waals surface area contributed by atoms with E-state index in [1.54, 1.807) is 45.2 Å². The molecule has 0 aliphatic carbocycles. The molecule has 0 aliphatic rings. The number of ether oxygens (including phenoxy) is 3. The average Bonchev–Trinajstić information content (AvgIpc) is 2.56. The first-order valence-electron chi connectivity index (χ1n) is 7.75. The lowest BCUT2D eigenvalue weighted by Gasteiger charge is -2.25. The van der Waals surface area contributed by atoms with E-state index in [1.807, 2.05) is 13.0 Å². The topological polar surface area (TPSA) is 61.8 Å². The SMILES string of the molecule is COCCC(=O)C(C)(C)OCC(C)COC(=O)c1ccccc1. The van der Waals surface area contributed by atoms with E-state index in [0.717, 1.165) is 0 Å². The van der Waals surface area contributed by atoms with E-state index in [2.05, 4.69) is 0 Å². The van der Waals surface area contributed by atoms with Crippen LogP contribution in [0.4, 0.5) is 0 Å². The van der Waals surface area contributed by atoms with Gasteiger partial charge in [0.1, 0.15) is 5.60 Å². The van der Waals surface area contributed by atoms with Crippen molar-refractivity contribution >= 4 is 11.8 Å². The van der Waals surface area contributed by atoms with Crippen LogP contribution >= 0.6 is 0 Å². The molecule has 1 rings (SSSR count). The predicted octanol–water partition coefficient (Wildman–Crippen LogP) is 2.88. The van der Waals surface area contributed by atoms with E-state index < -0.39 is 5.60 Å². The smallest absolute Gasteiger partial charge is 0.338 e. The molecule has 0 N–H and O–H groups in total. The lowest BCUT2D eigenvalue weighted by Crippen LogP contribution is -2.37. The highest BCUT2D eigenvalue weighted by atomic mass is 16.5. The van der Waals surface area contributed by atoms with Crippen molar-refractivity contribution in [3.63, 3.8) is 0 Å². The summed E-state index contributed by atoms with van der Waals surface area (Å²) in [7, 11) is 1.56. The van der Waals surface area contributed by atoms with Crippen molar-refractivity contribution in [3.05, 3.63) is 35.9 Å². The summed E-state index contributed by atoms with van der Waals surface area (Å²) >= 11 is 0. The summed E-state index contributed by atoms with van der Waals surface area (Å²) in [6.07, 6.45) is 0.320. The highest BCUT2D eigenvalue weighted by Gasteiger charge is 2.28. The molecule has 5 nitrogen and oxygen atoms in total. The second kappa shape index (κ2) is 9.43. The van der Waals surface area contributed by atoms with E-state index in [-0.39, 0.29) is 24.3 Å². The van der Waals surface area contributed by atoms with Crippen LogP contribution in [0.3, 0.4) is 0 Å². The van der Waals surface area contributed by atoms with Crippen molar-refractivity contribution in [1.82, 2.24) is 0 Å². The van der Waals surface area contributed by atoms with Gasteiger partial charge in [-0.3, -0.25) is 4.79 Å². The second-order valence-electron chi connectivity index (χ2n) is 6.06. The number of esters is 1. The van der Waals surface area contributed by atoms with E-state index >= 15 is 0 Å². The van der Waals surface area contributed by atoms with Gasteiger partial charge in [0.15, 0.2) is 5.78 Å². The maximum absolute atomic E-state index is 12.0. The maximum atomic E-state index is 12.0. The molecular weight excluding hydrogens is 296 g/mol. The van der Waals surface area contributed by atoms with Crippen molar-refractivity contribution < 1.29 is 23.8 Å². The Balaban J connectivity index is 2.35. The number of methoxy groups -OCH3 is 1. The van der Waals surface area contributed by atoms with Gasteiger partial charge in [0.2, 0.25) is 0 Å². The van der Waals surface area contributed by atoms with Crippen LogP contribution < -0.4 is 0 Å². The van der Waals surface area contributed by atoms with Crippen molar-refractivity contribution in [1.29, 1.82) is 0 Å². The quantitative estimate of drug-likeness (QED) is 0.620. The summed E-state index contributed by atoms with van der Waals surface area (Å²) < 4.78 is 15.9. The second-order valence-corrected chi connectivity index (χ2v) is 6.06. The Morgan fingerprint density at radius 2 is 1.78 bits per heavy atom. The van der Waals surface area contributed by atoms with Crippen LogP contribution in [-0.4, -0.2) is 44.3 Å². The highest BCUT2D eigenvalue weighted by Crippen LogP contribution is 2.15. The Hall–Kier alpha value is -1.72. The number of hydrogen-bond donors (Lipinski definition) is 0. The molecule has 1 atom stereocenters. The monoisotopic (exact) mass is 322 g/mol. The Kier molecular flexibility index (Phi) is 7.92. The summed E-state index contributed by atoms with van der Waals surface area (Å²) in [5.74, 6) is -0.363. The summed E-state index contributed by atoms with van der Waals surface area (Å²) in [5.41, 5.74) is -0.341. The number of carbonyl (C=O) groups excluding carboxylic acids is 2. The molecule has 0 radical (unpaired) electrons. The van der Waals surface area contributed by atoms with Gasteiger partial charge in [-0.1, -0.05) is 25.1 Å². The molecule has 128 valence electrons. The number of carbonyl (C=O) groups is 2. The minimum absolute atomic E-state index is 0.00263. The van der Waals surface area contributed by atoms with Gasteiger partial charge in [0.25, 0.3) is 0 Å². The Labute approximate surface area is 137 Å².